The van der Waals surface area contributed by atoms with Gasteiger partial charge in [0.2, 0.25) is 0 Å². The van der Waals surface area contributed by atoms with E-state index in [0.717, 1.165) is 61.0 Å². The maximum Gasteiger partial charge on any atom is 0.415 e. The normalized spacial score (nSPS) is 11.2. The Labute approximate surface area is 444 Å². The Morgan fingerprint density at radius 2 is 0.718 bits per heavy atom. The van der Waals surface area contributed by atoms with Crippen LogP contribution < -0.4 is 0 Å². The molecule has 0 saturated carbocycles. The van der Waals surface area contributed by atoms with Gasteiger partial charge in [-0.1, -0.05) is 115 Å². The van der Waals surface area contributed by atoms with Gasteiger partial charge in [-0.25, -0.2) is 4.85 Å². The van der Waals surface area contributed by atoms with Gasteiger partial charge in [-0.3, -0.25) is 0 Å². The summed E-state index contributed by atoms with van der Waals surface area (Å²) in [5.74, 6) is 0. The van der Waals surface area contributed by atoms with E-state index in [4.69, 9.17) is 6.57 Å². The van der Waals surface area contributed by atoms with E-state index in [1.54, 1.807) is 84.9 Å². The van der Waals surface area contributed by atoms with Crippen molar-refractivity contribution in [2.75, 3.05) is 0 Å². The Hall–Kier alpha value is -11.5. The van der Waals surface area contributed by atoms with Gasteiger partial charge in [0.25, 0.3) is 0 Å². The molecule has 0 fully saturated rings. The first-order valence-corrected chi connectivity index (χ1v) is 24.4. The van der Waals surface area contributed by atoms with Gasteiger partial charge >= 0.3 is 6.18 Å². The highest BCUT2D eigenvalue weighted by atomic mass is 19.4. The zero-order chi connectivity index (χ0) is 53.8. The average Bonchev–Trinajstić information content (AvgIpc) is 4.09. The summed E-state index contributed by atoms with van der Waals surface area (Å²) < 4.78 is 51.2. The minimum Gasteiger partial charge on any atom is -0.309 e. The lowest BCUT2D eigenvalue weighted by Gasteiger charge is -2.22. The fourth-order valence-electron chi connectivity index (χ4n) is 10.7. The topological polar surface area (TPSA) is 133 Å². The molecule has 12 rings (SSSR count). The number of aromatic nitrogens is 2. The van der Waals surface area contributed by atoms with Crippen molar-refractivity contribution in [3.8, 4) is 97.4 Å². The van der Waals surface area contributed by atoms with Crippen LogP contribution in [-0.4, -0.2) is 9.13 Å². The second kappa shape index (κ2) is 18.8. The number of benzene rings is 10. The highest BCUT2D eigenvalue weighted by Crippen LogP contribution is 2.49. The van der Waals surface area contributed by atoms with E-state index >= 15 is 13.2 Å². The molecule has 2 heterocycles. The molecule has 0 aliphatic carbocycles. The second-order valence-electron chi connectivity index (χ2n) is 18.7. The highest BCUT2D eigenvalue weighted by Gasteiger charge is 2.36. The first-order valence-electron chi connectivity index (χ1n) is 24.4. The van der Waals surface area contributed by atoms with Crippen LogP contribution in [0.2, 0.25) is 0 Å². The van der Waals surface area contributed by atoms with Crippen LogP contribution in [0.5, 0.6) is 0 Å². The minimum absolute atomic E-state index is 0.00115. The molecule has 0 spiro atoms. The summed E-state index contributed by atoms with van der Waals surface area (Å²) in [5, 5.41) is 54.1. The van der Waals surface area contributed by atoms with Gasteiger partial charge in [-0.15, -0.1) is 0 Å². The third-order valence-electron chi connectivity index (χ3n) is 14.3. The fraction of sp³-hybridized carbons (Fsp3) is 0.0149. The van der Waals surface area contributed by atoms with Crippen LogP contribution in [-0.2, 0) is 6.18 Å². The van der Waals surface area contributed by atoms with Crippen molar-refractivity contribution < 1.29 is 13.2 Å². The predicted molar refractivity (Wildman–Crippen MR) is 297 cm³/mol. The fourth-order valence-corrected chi connectivity index (χ4v) is 10.7. The van der Waals surface area contributed by atoms with Gasteiger partial charge in [0.1, 0.15) is 6.07 Å². The van der Waals surface area contributed by atoms with Crippen molar-refractivity contribution in [2.45, 2.75) is 6.18 Å². The third kappa shape index (κ3) is 7.99. The van der Waals surface area contributed by atoms with E-state index in [0.29, 0.717) is 55.4 Å². The molecule has 0 atom stereocenters. The number of alkyl halides is 3. The molecule has 0 aliphatic heterocycles. The van der Waals surface area contributed by atoms with Crippen molar-refractivity contribution in [3.05, 3.63) is 245 Å². The number of rotatable bonds is 7. The molecule has 0 unspecified atom stereocenters. The van der Waals surface area contributed by atoms with Crippen molar-refractivity contribution in [2.24, 2.45) is 0 Å². The van der Waals surface area contributed by atoms with Crippen LogP contribution in [0.1, 0.15) is 33.4 Å². The van der Waals surface area contributed by atoms with Gasteiger partial charge < -0.3 is 9.13 Å². The predicted octanol–water partition coefficient (Wildman–Crippen LogP) is 17.1. The summed E-state index contributed by atoms with van der Waals surface area (Å²) in [6, 6.07) is 69.6. The highest BCUT2D eigenvalue weighted by molar-refractivity contribution is 6.13. The Morgan fingerprint density at radius 3 is 1.05 bits per heavy atom. The van der Waals surface area contributed by atoms with Gasteiger partial charge in [0.05, 0.1) is 97.7 Å². The van der Waals surface area contributed by atoms with E-state index in [1.807, 2.05) is 106 Å². The third-order valence-corrected chi connectivity index (χ3v) is 14.3. The average molecular weight is 1010 g/mol. The van der Waals surface area contributed by atoms with Crippen LogP contribution in [0.15, 0.2) is 200 Å². The number of fused-ring (bicyclic) bond motifs is 6. The largest absolute Gasteiger partial charge is 0.415 e. The molecule has 0 bridgehead atoms. The van der Waals surface area contributed by atoms with Gasteiger partial charge in [0, 0.05) is 27.1 Å². The maximum atomic E-state index is 15.8. The van der Waals surface area contributed by atoms with Crippen molar-refractivity contribution in [1.82, 2.24) is 9.13 Å². The standard InChI is InChI=1S/C67H33F3N8/c1-76-59-16-6-15-58(67(68,69)70)66(59)57-34-60(77-61-29-48(44-11-2-7-40(25-44)35-71)17-21-53(61)54-22-18-49(30-62(54)77)45-12-3-8-41(26-45)36-72)52(39-75)33-65(57)78-63-31-50(46-13-4-9-42(27-46)37-73)19-23-55(63)56-24-20-51(32-64(56)78)47-14-5-10-43(28-47)38-74/h2-34H. The zero-order valence-electron chi connectivity index (χ0n) is 40.8. The van der Waals surface area contributed by atoms with E-state index < -0.39 is 17.3 Å². The molecule has 0 saturated heterocycles. The Kier molecular flexibility index (Phi) is 11.4. The molecule has 78 heavy (non-hydrogen) atoms. The molecule has 0 radical (unpaired) electrons. The number of nitrogens with zero attached hydrogens (tertiary/aromatic N) is 8. The van der Waals surface area contributed by atoms with Gasteiger partial charge in [-0.05, 0) is 135 Å². The van der Waals surface area contributed by atoms with E-state index in [1.165, 1.54) is 12.1 Å². The lowest BCUT2D eigenvalue weighted by Crippen LogP contribution is -2.10. The number of hydrogen-bond acceptors (Lipinski definition) is 5. The first-order chi connectivity index (χ1) is 38.0. The molecule has 12 aromatic rings. The van der Waals surface area contributed by atoms with Gasteiger partial charge in [0.15, 0.2) is 5.69 Å². The Balaban J connectivity index is 1.25. The summed E-state index contributed by atoms with van der Waals surface area (Å²) in [6.45, 7) is 8.42. The molecule has 0 N–H and O–H groups in total. The number of nitriles is 5. The second-order valence-corrected chi connectivity index (χ2v) is 18.7. The van der Waals surface area contributed by atoms with Crippen molar-refractivity contribution in [3.63, 3.8) is 0 Å². The first kappa shape index (κ1) is 47.5. The molecule has 11 heteroatoms. The van der Waals surface area contributed by atoms with Crippen LogP contribution >= 0.6 is 0 Å². The maximum absolute atomic E-state index is 15.8. The number of halogens is 3. The summed E-state index contributed by atoms with van der Waals surface area (Å²) >= 11 is 0. The van der Waals surface area contributed by atoms with E-state index in [9.17, 15) is 26.3 Å². The summed E-state index contributed by atoms with van der Waals surface area (Å²) in [4.78, 5) is 3.73. The lowest BCUT2D eigenvalue weighted by molar-refractivity contribution is -0.137. The zero-order valence-corrected chi connectivity index (χ0v) is 40.8. The molecular formula is C67H33F3N8. The van der Waals surface area contributed by atoms with Crippen LogP contribution in [0.3, 0.4) is 0 Å². The minimum atomic E-state index is -4.95. The summed E-state index contributed by atoms with van der Waals surface area (Å²) in [7, 11) is 0. The Morgan fingerprint density at radius 1 is 0.372 bits per heavy atom. The summed E-state index contributed by atoms with van der Waals surface area (Å²) in [5.41, 5.74) is 8.62. The Bertz CT molecular complexity index is 4590. The number of hydrogen-bond donors (Lipinski definition) is 0. The van der Waals surface area contributed by atoms with E-state index in [-0.39, 0.29) is 28.2 Å². The van der Waals surface area contributed by atoms with Crippen LogP contribution in [0, 0.1) is 63.2 Å². The summed E-state index contributed by atoms with van der Waals surface area (Å²) in [6.07, 6.45) is -4.95. The molecule has 0 amide bonds. The van der Waals surface area contributed by atoms with E-state index in [2.05, 4.69) is 35.2 Å². The van der Waals surface area contributed by atoms with Crippen molar-refractivity contribution in [1.29, 1.82) is 26.3 Å². The quantitative estimate of drug-likeness (QED) is 0.147. The molecule has 10 aromatic carbocycles. The van der Waals surface area contributed by atoms with Crippen LogP contribution in [0.25, 0.3) is 115 Å². The van der Waals surface area contributed by atoms with Gasteiger partial charge in [-0.2, -0.15) is 39.5 Å². The van der Waals surface area contributed by atoms with Crippen LogP contribution in [0.4, 0.5) is 18.9 Å². The molecular weight excluding hydrogens is 974 g/mol. The monoisotopic (exact) mass is 1010 g/mol. The molecule has 362 valence electrons. The SMILES string of the molecule is [C-]#[N+]c1cccc(C(F)(F)F)c1-c1cc(-n2c3cc(-c4cccc(C#N)c4)ccc3c3ccc(-c4cccc(C#N)c4)cc32)c(C#N)cc1-n1c2cc(-c3cccc(C#N)c3)ccc2c2ccc(-c3cccc(C#N)c3)cc21. The smallest absolute Gasteiger partial charge is 0.309 e. The lowest BCUT2D eigenvalue weighted by atomic mass is 9.93. The van der Waals surface area contributed by atoms with Crippen molar-refractivity contribution >= 4 is 49.3 Å². The molecule has 2 aromatic heterocycles. The molecule has 8 nitrogen and oxygen atoms in total. The molecule has 0 aliphatic rings.